The number of alkyl halides is 3. The molecule has 0 unspecified atom stereocenters. The normalized spacial score (nSPS) is 11.7. The minimum absolute atomic E-state index is 0. The van der Waals surface area contributed by atoms with Crippen molar-refractivity contribution in [3.05, 3.63) is 89.9 Å². The number of aromatic nitrogens is 3. The first-order valence-corrected chi connectivity index (χ1v) is 8.26. The minimum Gasteiger partial charge on any atom is -0.277 e. The molecule has 0 saturated heterocycles. The number of fused-ring (bicyclic) bond motifs is 1. The number of hydrogen-bond acceptors (Lipinski definition) is 2. The topological polar surface area (TPSA) is 30.7 Å². The van der Waals surface area contributed by atoms with Crippen molar-refractivity contribution in [1.29, 1.82) is 0 Å². The van der Waals surface area contributed by atoms with Crippen molar-refractivity contribution >= 4 is 35.6 Å². The molecule has 0 radical (unpaired) electrons. The average Bonchev–Trinajstić information content (AvgIpc) is 3.05. The van der Waals surface area contributed by atoms with E-state index in [0.717, 1.165) is 23.2 Å². The van der Waals surface area contributed by atoms with Crippen molar-refractivity contribution in [1.82, 2.24) is 14.5 Å². The van der Waals surface area contributed by atoms with Crippen LogP contribution in [0.2, 0.25) is 0 Å². The summed E-state index contributed by atoms with van der Waals surface area (Å²) >= 11 is 0. The number of para-hydroxylation sites is 2. The predicted molar refractivity (Wildman–Crippen MR) is 106 cm³/mol. The molecule has 0 aliphatic rings. The third-order valence-corrected chi connectivity index (χ3v) is 4.10. The fourth-order valence-electron chi connectivity index (χ4n) is 2.87. The van der Waals surface area contributed by atoms with Gasteiger partial charge in [0.2, 0.25) is 0 Å². The Bertz CT molecular complexity index is 1120. The fraction of sp³-hybridized carbons (Fsp3) is 0.0476. The van der Waals surface area contributed by atoms with Crippen molar-refractivity contribution in [3.8, 4) is 5.82 Å². The molecule has 2 heterocycles. The number of pyridine rings is 1. The lowest BCUT2D eigenvalue weighted by Gasteiger charge is -2.07. The van der Waals surface area contributed by atoms with E-state index in [1.54, 1.807) is 24.4 Å². The maximum Gasteiger partial charge on any atom is 0.416 e. The van der Waals surface area contributed by atoms with E-state index in [2.05, 4.69) is 9.97 Å². The monoisotopic (exact) mass is 401 g/mol. The minimum atomic E-state index is -4.37. The molecule has 0 atom stereocenters. The van der Waals surface area contributed by atoms with Gasteiger partial charge in [-0.2, -0.15) is 13.2 Å². The summed E-state index contributed by atoms with van der Waals surface area (Å²) in [5.41, 5.74) is 1.43. The molecule has 0 amide bonds. The van der Waals surface area contributed by atoms with Gasteiger partial charge in [0.15, 0.2) is 0 Å². The van der Waals surface area contributed by atoms with Crippen molar-refractivity contribution in [2.24, 2.45) is 0 Å². The van der Waals surface area contributed by atoms with Crippen LogP contribution < -0.4 is 0 Å². The Balaban J connectivity index is 0.00000225. The number of benzene rings is 2. The Morgan fingerprint density at radius 3 is 2.39 bits per heavy atom. The molecule has 0 aliphatic carbocycles. The number of imidazole rings is 1. The molecule has 0 bridgehead atoms. The van der Waals surface area contributed by atoms with Gasteiger partial charge in [0.25, 0.3) is 0 Å². The highest BCUT2D eigenvalue weighted by Crippen LogP contribution is 2.30. The molecule has 142 valence electrons. The molecular weight excluding hydrogens is 387 g/mol. The van der Waals surface area contributed by atoms with Gasteiger partial charge in [-0.1, -0.05) is 36.4 Å². The zero-order valence-corrected chi connectivity index (χ0v) is 15.3. The summed E-state index contributed by atoms with van der Waals surface area (Å²) in [6.07, 6.45) is 0.634. The van der Waals surface area contributed by atoms with E-state index in [-0.39, 0.29) is 12.4 Å². The number of halogens is 4. The summed E-state index contributed by atoms with van der Waals surface area (Å²) in [5, 5.41) is 0. The quantitative estimate of drug-likeness (QED) is 0.419. The summed E-state index contributed by atoms with van der Waals surface area (Å²) in [6.45, 7) is 0. The first-order valence-electron chi connectivity index (χ1n) is 8.26. The lowest BCUT2D eigenvalue weighted by atomic mass is 10.1. The third-order valence-electron chi connectivity index (χ3n) is 4.10. The summed E-state index contributed by atoms with van der Waals surface area (Å²) < 4.78 is 40.6. The highest BCUT2D eigenvalue weighted by atomic mass is 35.5. The summed E-state index contributed by atoms with van der Waals surface area (Å²) in [4.78, 5) is 8.96. The van der Waals surface area contributed by atoms with E-state index < -0.39 is 11.7 Å². The zero-order chi connectivity index (χ0) is 18.9. The van der Waals surface area contributed by atoms with Crippen LogP contribution >= 0.6 is 12.4 Å². The van der Waals surface area contributed by atoms with Gasteiger partial charge in [-0.05, 0) is 48.0 Å². The Labute approximate surface area is 165 Å². The van der Waals surface area contributed by atoms with E-state index in [1.165, 1.54) is 6.07 Å². The van der Waals surface area contributed by atoms with E-state index in [1.807, 2.05) is 47.0 Å². The smallest absolute Gasteiger partial charge is 0.277 e. The van der Waals surface area contributed by atoms with Gasteiger partial charge in [-0.15, -0.1) is 12.4 Å². The molecular formula is C21H15ClF3N3. The number of hydrogen-bond donors (Lipinski definition) is 0. The second-order valence-electron chi connectivity index (χ2n) is 5.94. The molecule has 4 aromatic rings. The molecule has 3 nitrogen and oxygen atoms in total. The third kappa shape index (κ3) is 3.92. The highest BCUT2D eigenvalue weighted by Gasteiger charge is 2.30. The Morgan fingerprint density at radius 2 is 1.64 bits per heavy atom. The average molecular weight is 402 g/mol. The van der Waals surface area contributed by atoms with Crippen LogP contribution in [0.25, 0.3) is 29.0 Å². The van der Waals surface area contributed by atoms with Crippen molar-refractivity contribution in [2.45, 2.75) is 6.18 Å². The second kappa shape index (κ2) is 7.86. The summed E-state index contributed by atoms with van der Waals surface area (Å²) in [7, 11) is 0. The van der Waals surface area contributed by atoms with Gasteiger partial charge < -0.3 is 0 Å². The maximum atomic E-state index is 12.9. The highest BCUT2D eigenvalue weighted by molar-refractivity contribution is 5.85. The maximum absolute atomic E-state index is 12.9. The van der Waals surface area contributed by atoms with Gasteiger partial charge >= 0.3 is 6.18 Å². The van der Waals surface area contributed by atoms with Crippen LogP contribution in [0, 0.1) is 0 Å². The predicted octanol–water partition coefficient (Wildman–Crippen LogP) is 6.03. The Hall–Kier alpha value is -3.12. The van der Waals surface area contributed by atoms with Gasteiger partial charge in [0.1, 0.15) is 11.6 Å². The van der Waals surface area contributed by atoms with Crippen molar-refractivity contribution < 1.29 is 13.2 Å². The fourth-order valence-corrected chi connectivity index (χ4v) is 2.87. The molecule has 0 aliphatic heterocycles. The molecule has 2 aromatic carbocycles. The van der Waals surface area contributed by atoms with E-state index >= 15 is 0 Å². The van der Waals surface area contributed by atoms with Gasteiger partial charge in [0.05, 0.1) is 16.6 Å². The SMILES string of the molecule is Cl.FC(F)(F)c1cccc(/C=C/c2nc3ccccc3n2-c2ccccn2)c1. The van der Waals surface area contributed by atoms with Crippen LogP contribution in [-0.4, -0.2) is 14.5 Å². The lowest BCUT2D eigenvalue weighted by molar-refractivity contribution is -0.137. The van der Waals surface area contributed by atoms with E-state index in [9.17, 15) is 13.2 Å². The first-order chi connectivity index (χ1) is 13.0. The van der Waals surface area contributed by atoms with E-state index in [0.29, 0.717) is 17.2 Å². The van der Waals surface area contributed by atoms with Crippen LogP contribution in [0.15, 0.2) is 72.9 Å². The molecule has 0 fully saturated rings. The van der Waals surface area contributed by atoms with Crippen LogP contribution in [0.4, 0.5) is 13.2 Å². The van der Waals surface area contributed by atoms with Gasteiger partial charge in [-0.25, -0.2) is 9.97 Å². The van der Waals surface area contributed by atoms with Gasteiger partial charge in [0, 0.05) is 6.20 Å². The van der Waals surface area contributed by atoms with E-state index in [4.69, 9.17) is 0 Å². The molecule has 0 N–H and O–H groups in total. The summed E-state index contributed by atoms with van der Waals surface area (Å²) in [5.74, 6) is 1.28. The molecule has 28 heavy (non-hydrogen) atoms. The number of rotatable bonds is 3. The lowest BCUT2D eigenvalue weighted by Crippen LogP contribution is -2.04. The second-order valence-corrected chi connectivity index (χ2v) is 5.94. The van der Waals surface area contributed by atoms with Crippen LogP contribution in [-0.2, 0) is 6.18 Å². The standard InChI is InChI=1S/C21H14F3N3.ClH/c22-21(23,24)16-7-5-6-15(14-16)11-12-20-26-17-8-1-2-9-18(17)27(20)19-10-3-4-13-25-19;/h1-14H;1H/b12-11+;. The van der Waals surface area contributed by atoms with Gasteiger partial charge in [-0.3, -0.25) is 4.57 Å². The largest absolute Gasteiger partial charge is 0.416 e. The number of nitrogens with zero attached hydrogens (tertiary/aromatic N) is 3. The molecule has 7 heteroatoms. The molecule has 2 aromatic heterocycles. The zero-order valence-electron chi connectivity index (χ0n) is 14.5. The van der Waals surface area contributed by atoms with Crippen LogP contribution in [0.1, 0.15) is 17.0 Å². The van der Waals surface area contributed by atoms with Crippen LogP contribution in [0.3, 0.4) is 0 Å². The molecule has 0 spiro atoms. The summed E-state index contributed by atoms with van der Waals surface area (Å²) in [6, 6.07) is 18.3. The van der Waals surface area contributed by atoms with Crippen molar-refractivity contribution in [2.75, 3.05) is 0 Å². The molecule has 4 rings (SSSR count). The first kappa shape index (κ1) is 19.6. The Kier molecular flexibility index (Phi) is 5.51. The molecule has 0 saturated carbocycles. The van der Waals surface area contributed by atoms with Crippen LogP contribution in [0.5, 0.6) is 0 Å². The Morgan fingerprint density at radius 1 is 0.857 bits per heavy atom. The van der Waals surface area contributed by atoms with Crippen molar-refractivity contribution in [3.63, 3.8) is 0 Å².